The molecular formula is C22H21FN2O5. The molecule has 0 saturated carbocycles. The largest absolute Gasteiger partial charge is 0.467 e. The summed E-state index contributed by atoms with van der Waals surface area (Å²) in [4.78, 5) is 39.3. The number of nitrogens with one attached hydrogen (secondary N) is 2. The van der Waals surface area contributed by atoms with E-state index in [1.165, 1.54) is 31.4 Å². The minimum Gasteiger partial charge on any atom is -0.467 e. The second-order valence-corrected chi connectivity index (χ2v) is 6.67. The topological polar surface area (TPSA) is 97.5 Å². The van der Waals surface area contributed by atoms with E-state index in [-0.39, 0.29) is 12.8 Å². The average Bonchev–Trinajstić information content (AvgIpc) is 3.16. The van der Waals surface area contributed by atoms with Gasteiger partial charge in [0.25, 0.3) is 5.91 Å². The maximum atomic E-state index is 12.9. The number of hydrogen-bond donors (Lipinski definition) is 2. The summed E-state index contributed by atoms with van der Waals surface area (Å²) in [6.07, 6.45) is 1.89. The van der Waals surface area contributed by atoms with Gasteiger partial charge in [0.05, 0.1) is 13.5 Å². The van der Waals surface area contributed by atoms with Crippen molar-refractivity contribution in [2.24, 2.45) is 0 Å². The normalized spacial score (nSPS) is 11.7. The summed E-state index contributed by atoms with van der Waals surface area (Å²) in [5.41, 5.74) is 2.32. The standard InChI is InChI=1S/C22H21FN2O5/c1-29-22(28)19(11-15-12-24-18-5-3-2-4-17(15)18)25-20(26)13-30-21(27)10-14-6-8-16(23)9-7-14/h2-9,12,19,24H,10-11,13H2,1H3,(H,25,26)/t19-/m0/s1. The number of esters is 2. The first kappa shape index (κ1) is 21.0. The number of ether oxygens (including phenoxy) is 2. The predicted octanol–water partition coefficient (Wildman–Crippen LogP) is 2.29. The summed E-state index contributed by atoms with van der Waals surface area (Å²) >= 11 is 0. The summed E-state index contributed by atoms with van der Waals surface area (Å²) in [6.45, 7) is -0.540. The Kier molecular flexibility index (Phi) is 6.79. The van der Waals surface area contributed by atoms with Gasteiger partial charge >= 0.3 is 11.9 Å². The Balaban J connectivity index is 1.56. The zero-order chi connectivity index (χ0) is 21.5. The molecule has 0 spiro atoms. The number of halogens is 1. The summed E-state index contributed by atoms with van der Waals surface area (Å²) in [6, 6.07) is 12.1. The lowest BCUT2D eigenvalue weighted by Gasteiger charge is -2.16. The highest BCUT2D eigenvalue weighted by Crippen LogP contribution is 2.19. The van der Waals surface area contributed by atoms with E-state index >= 15 is 0 Å². The Morgan fingerprint density at radius 2 is 1.83 bits per heavy atom. The van der Waals surface area contributed by atoms with E-state index in [0.717, 1.165) is 16.5 Å². The van der Waals surface area contributed by atoms with Gasteiger partial charge < -0.3 is 19.8 Å². The first-order valence-corrected chi connectivity index (χ1v) is 9.28. The van der Waals surface area contributed by atoms with E-state index < -0.39 is 36.3 Å². The lowest BCUT2D eigenvalue weighted by Crippen LogP contribution is -2.44. The van der Waals surface area contributed by atoms with Gasteiger partial charge in [-0.15, -0.1) is 0 Å². The third-order valence-electron chi connectivity index (χ3n) is 4.55. The lowest BCUT2D eigenvalue weighted by molar-refractivity contribution is -0.149. The van der Waals surface area contributed by atoms with E-state index in [4.69, 9.17) is 9.47 Å². The maximum Gasteiger partial charge on any atom is 0.328 e. The van der Waals surface area contributed by atoms with Gasteiger partial charge in [0.2, 0.25) is 0 Å². The van der Waals surface area contributed by atoms with Crippen LogP contribution in [0, 0.1) is 5.82 Å². The molecule has 0 saturated heterocycles. The highest BCUT2D eigenvalue weighted by Gasteiger charge is 2.23. The van der Waals surface area contributed by atoms with Crippen molar-refractivity contribution in [1.29, 1.82) is 0 Å². The maximum absolute atomic E-state index is 12.9. The monoisotopic (exact) mass is 412 g/mol. The Hall–Kier alpha value is -3.68. The Morgan fingerprint density at radius 1 is 1.10 bits per heavy atom. The number of aromatic amines is 1. The lowest BCUT2D eigenvalue weighted by atomic mass is 10.0. The molecule has 1 aromatic heterocycles. The smallest absolute Gasteiger partial charge is 0.328 e. The van der Waals surface area contributed by atoms with Gasteiger partial charge in [0.1, 0.15) is 11.9 Å². The molecule has 1 amide bonds. The van der Waals surface area contributed by atoms with Crippen molar-refractivity contribution < 1.29 is 28.2 Å². The highest BCUT2D eigenvalue weighted by molar-refractivity contribution is 5.88. The average molecular weight is 412 g/mol. The molecule has 2 aromatic carbocycles. The summed E-state index contributed by atoms with van der Waals surface area (Å²) in [5.74, 6) is -2.28. The van der Waals surface area contributed by atoms with Gasteiger partial charge in [-0.1, -0.05) is 30.3 Å². The van der Waals surface area contributed by atoms with E-state index in [1.807, 2.05) is 24.3 Å². The fourth-order valence-electron chi connectivity index (χ4n) is 3.06. The number of para-hydroxylation sites is 1. The van der Waals surface area contributed by atoms with Gasteiger partial charge in [-0.05, 0) is 29.3 Å². The fourth-order valence-corrected chi connectivity index (χ4v) is 3.06. The Bertz CT molecular complexity index is 1050. The Morgan fingerprint density at radius 3 is 2.57 bits per heavy atom. The molecule has 0 aliphatic rings. The van der Waals surface area contributed by atoms with Crippen molar-refractivity contribution >= 4 is 28.7 Å². The molecule has 1 heterocycles. The van der Waals surface area contributed by atoms with Crippen LogP contribution >= 0.6 is 0 Å². The van der Waals surface area contributed by atoms with Crippen LogP contribution in [-0.2, 0) is 36.7 Å². The molecule has 7 nitrogen and oxygen atoms in total. The van der Waals surface area contributed by atoms with Crippen LogP contribution in [0.4, 0.5) is 4.39 Å². The van der Waals surface area contributed by atoms with Crippen LogP contribution in [0.2, 0.25) is 0 Å². The number of hydrogen-bond acceptors (Lipinski definition) is 5. The number of rotatable bonds is 8. The summed E-state index contributed by atoms with van der Waals surface area (Å²) in [5, 5.41) is 3.48. The first-order chi connectivity index (χ1) is 14.5. The zero-order valence-electron chi connectivity index (χ0n) is 16.3. The molecule has 8 heteroatoms. The van der Waals surface area contributed by atoms with Gasteiger partial charge in [0, 0.05) is 23.5 Å². The predicted molar refractivity (Wildman–Crippen MR) is 107 cm³/mol. The highest BCUT2D eigenvalue weighted by atomic mass is 19.1. The van der Waals surface area contributed by atoms with Gasteiger partial charge in [-0.25, -0.2) is 9.18 Å². The quantitative estimate of drug-likeness (QED) is 0.554. The molecule has 0 aliphatic carbocycles. The molecule has 3 rings (SSSR count). The third-order valence-corrected chi connectivity index (χ3v) is 4.55. The van der Waals surface area contributed by atoms with E-state index in [9.17, 15) is 18.8 Å². The van der Waals surface area contributed by atoms with E-state index in [1.54, 1.807) is 6.20 Å². The summed E-state index contributed by atoms with van der Waals surface area (Å²) in [7, 11) is 1.24. The number of amides is 1. The molecule has 0 unspecified atom stereocenters. The van der Waals surface area contributed by atoms with Gasteiger partial charge in [-0.2, -0.15) is 0 Å². The van der Waals surface area contributed by atoms with Crippen molar-refractivity contribution in [3.8, 4) is 0 Å². The number of carbonyl (C=O) groups is 3. The van der Waals surface area contributed by atoms with Crippen molar-refractivity contribution in [1.82, 2.24) is 10.3 Å². The SMILES string of the molecule is COC(=O)[C@H](Cc1c[nH]c2ccccc12)NC(=O)COC(=O)Cc1ccc(F)cc1. The molecule has 1 atom stereocenters. The number of methoxy groups -OCH3 is 1. The number of H-pyrrole nitrogens is 1. The number of carbonyl (C=O) groups excluding carboxylic acids is 3. The van der Waals surface area contributed by atoms with Crippen molar-refractivity contribution in [2.45, 2.75) is 18.9 Å². The van der Waals surface area contributed by atoms with E-state index in [0.29, 0.717) is 5.56 Å². The number of fused-ring (bicyclic) bond motifs is 1. The molecule has 0 radical (unpaired) electrons. The number of aromatic nitrogens is 1. The van der Waals surface area contributed by atoms with Crippen LogP contribution < -0.4 is 5.32 Å². The molecule has 0 aliphatic heterocycles. The minimum atomic E-state index is -0.933. The molecule has 2 N–H and O–H groups in total. The molecule has 156 valence electrons. The fraction of sp³-hybridized carbons (Fsp3) is 0.227. The van der Waals surface area contributed by atoms with Crippen molar-refractivity contribution in [3.63, 3.8) is 0 Å². The first-order valence-electron chi connectivity index (χ1n) is 9.28. The minimum absolute atomic E-state index is 0.0939. The Labute approximate surface area is 172 Å². The van der Waals surface area contributed by atoms with Crippen molar-refractivity contribution in [3.05, 3.63) is 71.7 Å². The molecule has 0 bridgehead atoms. The van der Waals surface area contributed by atoms with Gasteiger partial charge in [0.15, 0.2) is 6.61 Å². The summed E-state index contributed by atoms with van der Waals surface area (Å²) < 4.78 is 22.6. The third kappa shape index (κ3) is 5.44. The van der Waals surface area contributed by atoms with Crippen LogP contribution in [0.3, 0.4) is 0 Å². The van der Waals surface area contributed by atoms with Gasteiger partial charge in [-0.3, -0.25) is 9.59 Å². The van der Waals surface area contributed by atoms with Crippen LogP contribution in [0.25, 0.3) is 10.9 Å². The van der Waals surface area contributed by atoms with Crippen LogP contribution in [-0.4, -0.2) is 42.6 Å². The van der Waals surface area contributed by atoms with Crippen LogP contribution in [0.5, 0.6) is 0 Å². The number of benzene rings is 2. The molecule has 0 fully saturated rings. The van der Waals surface area contributed by atoms with Crippen molar-refractivity contribution in [2.75, 3.05) is 13.7 Å². The second-order valence-electron chi connectivity index (χ2n) is 6.67. The van der Waals surface area contributed by atoms with E-state index in [2.05, 4.69) is 10.3 Å². The zero-order valence-corrected chi connectivity index (χ0v) is 16.3. The second kappa shape index (κ2) is 9.69. The molecule has 3 aromatic rings. The van der Waals surface area contributed by atoms with Crippen LogP contribution in [0.15, 0.2) is 54.7 Å². The molecular weight excluding hydrogens is 391 g/mol. The molecule has 30 heavy (non-hydrogen) atoms. The van der Waals surface area contributed by atoms with Crippen LogP contribution in [0.1, 0.15) is 11.1 Å².